The summed E-state index contributed by atoms with van der Waals surface area (Å²) >= 11 is 0. The molecule has 0 aromatic rings. The number of fused-ring (bicyclic) bond motifs is 1. The van der Waals surface area contributed by atoms with Gasteiger partial charge in [-0.15, -0.1) is 5.73 Å². The van der Waals surface area contributed by atoms with Gasteiger partial charge in [-0.3, -0.25) is 0 Å². The summed E-state index contributed by atoms with van der Waals surface area (Å²) in [6.07, 6.45) is 8.06. The summed E-state index contributed by atoms with van der Waals surface area (Å²) in [5, 5.41) is 0. The van der Waals surface area contributed by atoms with Gasteiger partial charge in [-0.1, -0.05) is 61.0 Å². The van der Waals surface area contributed by atoms with Crippen molar-refractivity contribution in [3.63, 3.8) is 0 Å². The molecule has 0 aliphatic heterocycles. The van der Waals surface area contributed by atoms with Crippen LogP contribution in [0.15, 0.2) is 17.9 Å². The predicted molar refractivity (Wildman–Crippen MR) is 93.2 cm³/mol. The third kappa shape index (κ3) is 2.44. The highest BCUT2D eigenvalue weighted by Gasteiger charge is 2.89. The molecule has 0 aromatic heterocycles. The fourth-order valence-corrected chi connectivity index (χ4v) is 5.09. The molecule has 0 radical (unpaired) electrons. The second-order valence-electron chi connectivity index (χ2n) is 8.46. The number of unbranched alkanes of at least 4 members (excludes halogenated alkanes) is 2. The van der Waals surface area contributed by atoms with E-state index in [-0.39, 0.29) is 0 Å². The molecule has 120 valence electrons. The highest BCUT2D eigenvalue weighted by Crippen LogP contribution is 2.94. The number of rotatable bonds is 9. The molecule has 0 heterocycles. The van der Waals surface area contributed by atoms with Gasteiger partial charge in [-0.25, -0.2) is 0 Å². The lowest BCUT2D eigenvalue weighted by atomic mass is 9.69. The monoisotopic (exact) mass is 288 g/mol. The van der Waals surface area contributed by atoms with Gasteiger partial charge in [0.05, 0.1) is 0 Å². The average Bonchev–Trinajstić information content (AvgIpc) is 3.29. The zero-order valence-electron chi connectivity index (χ0n) is 15.3. The molecule has 0 nitrogen and oxygen atoms in total. The Labute approximate surface area is 133 Å². The Hall–Kier alpha value is -0.480. The largest absolute Gasteiger partial charge is 0.129 e. The third-order valence-electron chi connectivity index (χ3n) is 6.94. The first-order valence-electron chi connectivity index (χ1n) is 9.27. The molecule has 0 spiro atoms. The van der Waals surface area contributed by atoms with E-state index in [2.05, 4.69) is 53.9 Å². The summed E-state index contributed by atoms with van der Waals surface area (Å²) in [5.41, 5.74) is 6.12. The van der Waals surface area contributed by atoms with E-state index in [4.69, 9.17) is 0 Å². The molecule has 0 saturated heterocycles. The second kappa shape index (κ2) is 5.96. The fourth-order valence-electron chi connectivity index (χ4n) is 5.09. The molecule has 0 N–H and O–H groups in total. The first-order chi connectivity index (χ1) is 9.88. The molecule has 2 fully saturated rings. The summed E-state index contributed by atoms with van der Waals surface area (Å²) in [5.74, 6) is 3.37. The molecule has 0 bridgehead atoms. The molecular weight excluding hydrogens is 252 g/mol. The molecular formula is C21H36. The lowest BCUT2D eigenvalue weighted by Crippen LogP contribution is -2.27. The van der Waals surface area contributed by atoms with Crippen LogP contribution in [0, 0.1) is 34.5 Å². The van der Waals surface area contributed by atoms with E-state index in [1.165, 1.54) is 38.5 Å². The van der Waals surface area contributed by atoms with E-state index in [9.17, 15) is 0 Å². The molecule has 0 aromatic carbocycles. The lowest BCUT2D eigenvalue weighted by Gasteiger charge is -2.35. The van der Waals surface area contributed by atoms with Crippen molar-refractivity contribution in [2.24, 2.45) is 34.5 Å². The Morgan fingerprint density at radius 2 is 1.86 bits per heavy atom. The van der Waals surface area contributed by atoms with Crippen molar-refractivity contribution in [3.8, 4) is 0 Å². The normalized spacial score (nSPS) is 34.6. The zero-order chi connectivity index (χ0) is 15.8. The molecule has 2 saturated carbocycles. The van der Waals surface area contributed by atoms with E-state index in [0.717, 1.165) is 23.7 Å². The summed E-state index contributed by atoms with van der Waals surface area (Å²) in [7, 11) is 0. The van der Waals surface area contributed by atoms with Crippen molar-refractivity contribution in [2.75, 3.05) is 0 Å². The molecule has 2 aliphatic carbocycles. The van der Waals surface area contributed by atoms with Gasteiger partial charge in [-0.2, -0.15) is 0 Å². The van der Waals surface area contributed by atoms with Crippen LogP contribution >= 0.6 is 0 Å². The van der Waals surface area contributed by atoms with E-state index >= 15 is 0 Å². The summed E-state index contributed by atoms with van der Waals surface area (Å²) < 4.78 is 0. The molecule has 4 atom stereocenters. The maximum Gasteiger partial charge on any atom is 0.00861 e. The minimum absolute atomic E-state index is 0.486. The Morgan fingerprint density at radius 3 is 2.24 bits per heavy atom. The topological polar surface area (TPSA) is 0 Å². The molecule has 0 heteroatoms. The smallest absolute Gasteiger partial charge is 0.00861 e. The summed E-state index contributed by atoms with van der Waals surface area (Å²) in [4.78, 5) is 0. The van der Waals surface area contributed by atoms with E-state index in [1.54, 1.807) is 5.57 Å². The van der Waals surface area contributed by atoms with Gasteiger partial charge < -0.3 is 0 Å². The van der Waals surface area contributed by atoms with E-state index < -0.39 is 0 Å². The van der Waals surface area contributed by atoms with E-state index in [0.29, 0.717) is 10.8 Å². The van der Waals surface area contributed by atoms with Gasteiger partial charge in [0.2, 0.25) is 0 Å². The van der Waals surface area contributed by atoms with Gasteiger partial charge in [-0.05, 0) is 60.3 Å². The summed E-state index contributed by atoms with van der Waals surface area (Å²) in [6, 6.07) is 0. The van der Waals surface area contributed by atoms with Crippen molar-refractivity contribution < 1.29 is 0 Å². The molecule has 0 amide bonds. The highest BCUT2D eigenvalue weighted by atomic mass is 14.9. The van der Waals surface area contributed by atoms with Gasteiger partial charge >= 0.3 is 0 Å². The van der Waals surface area contributed by atoms with Crippen LogP contribution in [0.4, 0.5) is 0 Å². The second-order valence-corrected chi connectivity index (χ2v) is 8.46. The van der Waals surface area contributed by atoms with Crippen LogP contribution in [0.1, 0.15) is 80.1 Å². The van der Waals surface area contributed by atoms with Crippen molar-refractivity contribution in [2.45, 2.75) is 80.1 Å². The van der Waals surface area contributed by atoms with Crippen LogP contribution in [0.3, 0.4) is 0 Å². The van der Waals surface area contributed by atoms with Gasteiger partial charge in [0.15, 0.2) is 0 Å². The maximum atomic E-state index is 4.08. The number of allylic oxidation sites excluding steroid dienone is 1. The molecule has 2 aliphatic rings. The number of hydrogen-bond acceptors (Lipinski definition) is 0. The Bertz CT molecular complexity index is 423. The third-order valence-corrected chi connectivity index (χ3v) is 6.94. The molecule has 4 unspecified atom stereocenters. The maximum absolute atomic E-state index is 4.08. The van der Waals surface area contributed by atoms with Crippen LogP contribution in [-0.4, -0.2) is 0 Å². The first-order valence-corrected chi connectivity index (χ1v) is 9.27. The van der Waals surface area contributed by atoms with Crippen LogP contribution in [0.25, 0.3) is 0 Å². The Morgan fingerprint density at radius 1 is 1.19 bits per heavy atom. The van der Waals surface area contributed by atoms with E-state index in [1.807, 2.05) is 0 Å². The first kappa shape index (κ1) is 16.9. The minimum atomic E-state index is 0.486. The van der Waals surface area contributed by atoms with Crippen molar-refractivity contribution >= 4 is 0 Å². The minimum Gasteiger partial charge on any atom is -0.129 e. The van der Waals surface area contributed by atoms with Crippen LogP contribution in [-0.2, 0) is 0 Å². The quantitative estimate of drug-likeness (QED) is 0.330. The van der Waals surface area contributed by atoms with Crippen LogP contribution in [0.5, 0.6) is 0 Å². The SMILES string of the molecule is C=C=C(CCCCC)C1(CC(C)C(C)C)C2CC21C(C)C. The van der Waals surface area contributed by atoms with Gasteiger partial charge in [0.25, 0.3) is 0 Å². The van der Waals surface area contributed by atoms with Crippen molar-refractivity contribution in [3.05, 3.63) is 17.9 Å². The van der Waals surface area contributed by atoms with Gasteiger partial charge in [0, 0.05) is 5.41 Å². The fraction of sp³-hybridized carbons (Fsp3) is 0.857. The Kier molecular flexibility index (Phi) is 4.79. The van der Waals surface area contributed by atoms with Crippen LogP contribution < -0.4 is 0 Å². The standard InChI is InChI=1S/C21H36/c1-8-10-11-12-18(9-2)21(13-17(7)15(3)4)19-14-20(19,21)16(5)6/h15-17,19H,2,8,10-14H2,1,3-7H3. The molecule has 2 rings (SSSR count). The highest BCUT2D eigenvalue weighted by molar-refractivity contribution is 5.45. The van der Waals surface area contributed by atoms with Crippen molar-refractivity contribution in [1.29, 1.82) is 0 Å². The Balaban J connectivity index is 2.17. The predicted octanol–water partition coefficient (Wildman–Crippen LogP) is 6.62. The molecule has 21 heavy (non-hydrogen) atoms. The zero-order valence-corrected chi connectivity index (χ0v) is 15.3. The van der Waals surface area contributed by atoms with Gasteiger partial charge in [0.1, 0.15) is 0 Å². The number of hydrogen-bond donors (Lipinski definition) is 0. The van der Waals surface area contributed by atoms with Crippen molar-refractivity contribution in [1.82, 2.24) is 0 Å². The lowest BCUT2D eigenvalue weighted by molar-refractivity contribution is 0.208. The summed E-state index contributed by atoms with van der Waals surface area (Å²) in [6.45, 7) is 18.5. The average molecular weight is 289 g/mol. The van der Waals surface area contributed by atoms with Crippen LogP contribution in [0.2, 0.25) is 0 Å².